The van der Waals surface area contributed by atoms with Crippen molar-refractivity contribution in [2.75, 3.05) is 20.2 Å². The van der Waals surface area contributed by atoms with Gasteiger partial charge in [-0.25, -0.2) is 0 Å². The molecule has 1 saturated heterocycles. The van der Waals surface area contributed by atoms with Crippen LogP contribution in [0.25, 0.3) is 0 Å². The van der Waals surface area contributed by atoms with Crippen molar-refractivity contribution in [2.24, 2.45) is 5.92 Å². The number of ether oxygens (including phenoxy) is 1. The molecule has 5 nitrogen and oxygen atoms in total. The lowest BCUT2D eigenvalue weighted by atomic mass is 9.89. The molecule has 1 heterocycles. The number of likely N-dealkylation sites (tertiary alicyclic amines) is 1. The van der Waals surface area contributed by atoms with Gasteiger partial charge in [-0.2, -0.15) is 5.26 Å². The minimum atomic E-state index is 0.163. The van der Waals surface area contributed by atoms with Crippen LogP contribution in [-0.2, 0) is 11.3 Å². The van der Waals surface area contributed by atoms with Gasteiger partial charge in [0, 0.05) is 32.6 Å². The average Bonchev–Trinajstić information content (AvgIpc) is 2.59. The lowest BCUT2D eigenvalue weighted by Crippen LogP contribution is -2.50. The fourth-order valence-corrected chi connectivity index (χ4v) is 3.20. The number of amides is 1. The van der Waals surface area contributed by atoms with Gasteiger partial charge in [-0.3, -0.25) is 4.79 Å². The third kappa shape index (κ3) is 4.23. The van der Waals surface area contributed by atoms with Crippen LogP contribution in [0.3, 0.4) is 0 Å². The summed E-state index contributed by atoms with van der Waals surface area (Å²) in [6, 6.07) is 8.27. The molecule has 0 spiro atoms. The Morgan fingerprint density at radius 2 is 2.30 bits per heavy atom. The molecule has 1 fully saturated rings. The maximum Gasteiger partial charge on any atom is 0.219 e. The molecule has 124 valence electrons. The van der Waals surface area contributed by atoms with E-state index in [0.29, 0.717) is 23.3 Å². The summed E-state index contributed by atoms with van der Waals surface area (Å²) in [7, 11) is 1.57. The van der Waals surface area contributed by atoms with E-state index in [4.69, 9.17) is 10.00 Å². The number of benzene rings is 1. The Labute approximate surface area is 138 Å². The second-order valence-corrected chi connectivity index (χ2v) is 6.06. The van der Waals surface area contributed by atoms with Crippen LogP contribution in [0.4, 0.5) is 0 Å². The lowest BCUT2D eigenvalue weighted by Gasteiger charge is -2.38. The van der Waals surface area contributed by atoms with Gasteiger partial charge in [-0.05, 0) is 30.0 Å². The monoisotopic (exact) mass is 315 g/mol. The van der Waals surface area contributed by atoms with E-state index in [9.17, 15) is 4.79 Å². The van der Waals surface area contributed by atoms with E-state index in [1.54, 1.807) is 14.0 Å². The van der Waals surface area contributed by atoms with Gasteiger partial charge in [0.15, 0.2) is 0 Å². The van der Waals surface area contributed by atoms with Crippen molar-refractivity contribution in [2.45, 2.75) is 39.3 Å². The maximum atomic E-state index is 11.5. The summed E-state index contributed by atoms with van der Waals surface area (Å²) in [6.45, 7) is 6.18. The molecule has 0 aromatic heterocycles. The number of carbonyl (C=O) groups excluding carboxylic acids is 1. The lowest BCUT2D eigenvalue weighted by molar-refractivity contribution is -0.131. The zero-order valence-electron chi connectivity index (χ0n) is 14.1. The summed E-state index contributed by atoms with van der Waals surface area (Å²) >= 11 is 0. The van der Waals surface area contributed by atoms with Gasteiger partial charge in [-0.15, -0.1) is 0 Å². The molecule has 0 bridgehead atoms. The Kier molecular flexibility index (Phi) is 6.00. The number of hydrogen-bond donors (Lipinski definition) is 1. The van der Waals surface area contributed by atoms with Crippen LogP contribution in [0.2, 0.25) is 0 Å². The molecule has 0 aliphatic carbocycles. The molecule has 2 rings (SSSR count). The van der Waals surface area contributed by atoms with Crippen molar-refractivity contribution in [1.29, 1.82) is 5.26 Å². The summed E-state index contributed by atoms with van der Waals surface area (Å²) in [5.41, 5.74) is 1.64. The largest absolute Gasteiger partial charge is 0.495 e. The van der Waals surface area contributed by atoms with Gasteiger partial charge in [0.25, 0.3) is 0 Å². The van der Waals surface area contributed by atoms with Gasteiger partial charge in [0.1, 0.15) is 11.8 Å². The van der Waals surface area contributed by atoms with Gasteiger partial charge < -0.3 is 15.0 Å². The van der Waals surface area contributed by atoms with Crippen LogP contribution in [0, 0.1) is 17.2 Å². The highest BCUT2D eigenvalue weighted by Gasteiger charge is 2.28. The number of carbonyl (C=O) groups is 1. The smallest absolute Gasteiger partial charge is 0.219 e. The number of methoxy groups -OCH3 is 1. The number of nitrogens with zero attached hydrogens (tertiary/aromatic N) is 2. The number of piperidine rings is 1. The molecule has 5 heteroatoms. The number of hydrogen-bond acceptors (Lipinski definition) is 4. The van der Waals surface area contributed by atoms with Crippen LogP contribution in [-0.4, -0.2) is 37.0 Å². The van der Waals surface area contributed by atoms with E-state index in [1.807, 2.05) is 23.1 Å². The van der Waals surface area contributed by atoms with Crippen LogP contribution >= 0.6 is 0 Å². The topological polar surface area (TPSA) is 65.4 Å². The van der Waals surface area contributed by atoms with Crippen molar-refractivity contribution in [3.63, 3.8) is 0 Å². The normalized spacial score (nSPS) is 20.9. The molecule has 1 aromatic rings. The minimum Gasteiger partial charge on any atom is -0.495 e. The van der Waals surface area contributed by atoms with Crippen molar-refractivity contribution < 1.29 is 9.53 Å². The molecule has 0 saturated carbocycles. The third-order valence-corrected chi connectivity index (χ3v) is 4.66. The van der Waals surface area contributed by atoms with Crippen molar-refractivity contribution in [3.8, 4) is 11.8 Å². The summed E-state index contributed by atoms with van der Waals surface area (Å²) in [4.78, 5) is 13.5. The fourth-order valence-electron chi connectivity index (χ4n) is 3.20. The van der Waals surface area contributed by atoms with E-state index in [1.165, 1.54) is 0 Å². The number of nitriles is 1. The predicted molar refractivity (Wildman–Crippen MR) is 89.0 cm³/mol. The molecular weight excluding hydrogens is 290 g/mol. The molecule has 2 unspecified atom stereocenters. The Bertz CT molecular complexity index is 594. The summed E-state index contributed by atoms with van der Waals surface area (Å²) in [5, 5.41) is 12.8. The predicted octanol–water partition coefficient (Wildman–Crippen LogP) is 2.30. The van der Waals surface area contributed by atoms with Gasteiger partial charge in [0.2, 0.25) is 5.91 Å². The molecular formula is C18H25N3O2. The molecule has 1 aromatic carbocycles. The molecule has 2 atom stereocenters. The highest BCUT2D eigenvalue weighted by Crippen LogP contribution is 2.22. The van der Waals surface area contributed by atoms with Gasteiger partial charge in [-0.1, -0.05) is 19.4 Å². The van der Waals surface area contributed by atoms with Crippen molar-refractivity contribution in [1.82, 2.24) is 10.2 Å². The van der Waals surface area contributed by atoms with Crippen LogP contribution in [0.5, 0.6) is 5.75 Å². The van der Waals surface area contributed by atoms with E-state index in [-0.39, 0.29) is 5.91 Å². The summed E-state index contributed by atoms with van der Waals surface area (Å²) in [5.74, 6) is 1.24. The first-order chi connectivity index (χ1) is 11.1. The van der Waals surface area contributed by atoms with Crippen molar-refractivity contribution >= 4 is 5.91 Å². The summed E-state index contributed by atoms with van der Waals surface area (Å²) < 4.78 is 5.17. The molecule has 1 amide bonds. The first-order valence-electron chi connectivity index (χ1n) is 8.15. The van der Waals surface area contributed by atoms with E-state index >= 15 is 0 Å². The average molecular weight is 315 g/mol. The maximum absolute atomic E-state index is 11.5. The standard InChI is InChI=1S/C18H25N3O2/c1-4-15-12-21(13(2)22)8-7-17(15)20-11-14-5-6-18(23-3)16(9-14)10-19/h5-6,9,15,17,20H,4,7-8,11-12H2,1-3H3. The Balaban J connectivity index is 1.98. The molecule has 0 radical (unpaired) electrons. The second-order valence-electron chi connectivity index (χ2n) is 6.06. The molecule has 23 heavy (non-hydrogen) atoms. The van der Waals surface area contributed by atoms with E-state index < -0.39 is 0 Å². The van der Waals surface area contributed by atoms with E-state index in [2.05, 4.69) is 18.3 Å². The molecule has 1 aliphatic rings. The van der Waals surface area contributed by atoms with Crippen LogP contribution in [0.1, 0.15) is 37.8 Å². The Morgan fingerprint density at radius 1 is 1.52 bits per heavy atom. The highest BCUT2D eigenvalue weighted by molar-refractivity contribution is 5.73. The molecule has 1 N–H and O–H groups in total. The zero-order chi connectivity index (χ0) is 16.8. The Hall–Kier alpha value is -2.06. The van der Waals surface area contributed by atoms with E-state index in [0.717, 1.165) is 38.0 Å². The first-order valence-corrected chi connectivity index (χ1v) is 8.15. The van der Waals surface area contributed by atoms with Crippen LogP contribution in [0.15, 0.2) is 18.2 Å². The van der Waals surface area contributed by atoms with Crippen LogP contribution < -0.4 is 10.1 Å². The highest BCUT2D eigenvalue weighted by atomic mass is 16.5. The third-order valence-electron chi connectivity index (χ3n) is 4.66. The molecule has 1 aliphatic heterocycles. The van der Waals surface area contributed by atoms with Crippen molar-refractivity contribution in [3.05, 3.63) is 29.3 Å². The number of rotatable bonds is 5. The summed E-state index contributed by atoms with van der Waals surface area (Å²) in [6.07, 6.45) is 2.02. The first kappa shape index (κ1) is 17.3. The zero-order valence-corrected chi connectivity index (χ0v) is 14.1. The Morgan fingerprint density at radius 3 is 2.91 bits per heavy atom. The number of nitrogens with one attached hydrogen (secondary N) is 1. The minimum absolute atomic E-state index is 0.163. The van der Waals surface area contributed by atoms with Gasteiger partial charge >= 0.3 is 0 Å². The fraction of sp³-hybridized carbons (Fsp3) is 0.556. The SMILES string of the molecule is CCC1CN(C(C)=O)CCC1NCc1ccc(OC)c(C#N)c1. The second kappa shape index (κ2) is 7.98. The van der Waals surface area contributed by atoms with Gasteiger partial charge in [0.05, 0.1) is 12.7 Å². The quantitative estimate of drug-likeness (QED) is 0.905.